The van der Waals surface area contributed by atoms with Crippen molar-refractivity contribution in [2.45, 2.75) is 4.09 Å². The Labute approximate surface area is 182 Å². The van der Waals surface area contributed by atoms with Crippen molar-refractivity contribution in [1.29, 1.82) is 0 Å². The molecule has 0 fully saturated rings. The van der Waals surface area contributed by atoms with Gasteiger partial charge in [-0.2, -0.15) is 0 Å². The zero-order chi connectivity index (χ0) is 19.9. The van der Waals surface area contributed by atoms with Crippen LogP contribution in [0.2, 0.25) is 0 Å². The Hall–Kier alpha value is -3.01. The zero-order valence-corrected chi connectivity index (χ0v) is 17.3. The third-order valence-electron chi connectivity index (χ3n) is 4.22. The third-order valence-corrected chi connectivity index (χ3v) is 4.96. The number of hydrogen-bond donors (Lipinski definition) is 0. The first-order valence-corrected chi connectivity index (χ1v) is 10.1. The molecule has 0 aliphatic carbocycles. The molecule has 0 heterocycles. The second-order valence-electron chi connectivity index (χ2n) is 6.36. The Bertz CT molecular complexity index is 996. The van der Waals surface area contributed by atoms with Crippen LogP contribution in [0.25, 0.3) is 0 Å². The summed E-state index contributed by atoms with van der Waals surface area (Å²) < 4.78 is 17.8. The molecule has 141 valence electrons. The van der Waals surface area contributed by atoms with Crippen LogP contribution < -0.4 is 14.2 Å². The maximum atomic E-state index is 6.37. The minimum atomic E-state index is -1.10. The molecule has 3 nitrogen and oxygen atoms in total. The van der Waals surface area contributed by atoms with Crippen LogP contribution in [-0.4, -0.2) is 0 Å². The van der Waals surface area contributed by atoms with Crippen LogP contribution in [0.15, 0.2) is 115 Å². The summed E-state index contributed by atoms with van der Waals surface area (Å²) in [6.45, 7) is 0. The third kappa shape index (κ3) is 4.89. The second-order valence-corrected chi connectivity index (χ2v) is 7.39. The van der Waals surface area contributed by atoms with Gasteiger partial charge in [-0.3, -0.25) is 0 Å². The van der Waals surface area contributed by atoms with Gasteiger partial charge >= 0.3 is 183 Å². The van der Waals surface area contributed by atoms with Crippen LogP contribution in [0.4, 0.5) is 0 Å². The van der Waals surface area contributed by atoms with Crippen molar-refractivity contribution in [1.82, 2.24) is 0 Å². The summed E-state index contributed by atoms with van der Waals surface area (Å²) >= 11 is 1.90. The number of hydrogen-bond acceptors (Lipinski definition) is 3. The van der Waals surface area contributed by atoms with E-state index in [0.717, 1.165) is 11.3 Å². The van der Waals surface area contributed by atoms with E-state index >= 15 is 0 Å². The van der Waals surface area contributed by atoms with Gasteiger partial charge < -0.3 is 0 Å². The van der Waals surface area contributed by atoms with Gasteiger partial charge in [0, 0.05) is 0 Å². The molecule has 0 radical (unpaired) electrons. The van der Waals surface area contributed by atoms with E-state index in [9.17, 15) is 0 Å². The van der Waals surface area contributed by atoms with Crippen LogP contribution in [0, 0.1) is 0 Å². The van der Waals surface area contributed by atoms with E-state index in [1.807, 2.05) is 136 Å². The number of ether oxygens (including phenoxy) is 3. The monoisotopic (exact) mass is 415 g/mol. The molecule has 0 saturated heterocycles. The average molecular weight is 415 g/mol. The van der Waals surface area contributed by atoms with Crippen LogP contribution in [0.3, 0.4) is 0 Å². The normalized spacial score (nSPS) is 10.9. The summed E-state index contributed by atoms with van der Waals surface area (Å²) in [7, 11) is 0. The van der Waals surface area contributed by atoms with Crippen molar-refractivity contribution in [3.63, 3.8) is 0 Å². The van der Waals surface area contributed by atoms with Crippen molar-refractivity contribution in [3.05, 3.63) is 121 Å². The van der Waals surface area contributed by atoms with Gasteiger partial charge in [-0.1, -0.05) is 0 Å². The summed E-state index contributed by atoms with van der Waals surface area (Å²) in [6, 6.07) is 36.7. The zero-order valence-electron chi connectivity index (χ0n) is 15.7. The molecule has 0 saturated carbocycles. The first-order valence-electron chi connectivity index (χ1n) is 9.28. The minimum absolute atomic E-state index is 0.674. The maximum absolute atomic E-state index is 6.37. The number of para-hydroxylation sites is 4. The molecule has 0 unspecified atom stereocenters. The summed E-state index contributed by atoms with van der Waals surface area (Å²) in [6.07, 6.45) is 0. The Kier molecular flexibility index (Phi) is 5.99. The van der Waals surface area contributed by atoms with Crippen molar-refractivity contribution >= 4 is 0 Å². The molecule has 4 heteroatoms. The molecular weight excluding hydrogens is 396 g/mol. The fraction of sp³-hybridized carbons (Fsp3) is 0.0400. The molecule has 0 aromatic heterocycles. The summed E-state index contributed by atoms with van der Waals surface area (Å²) in [5, 5.41) is 0. The molecule has 0 bridgehead atoms. The van der Waals surface area contributed by atoms with E-state index < -0.39 is 4.09 Å². The first kappa shape index (κ1) is 19.3. The van der Waals surface area contributed by atoms with E-state index in [2.05, 4.69) is 0 Å². The molecule has 4 aromatic rings. The van der Waals surface area contributed by atoms with Crippen molar-refractivity contribution in [2.24, 2.45) is 0 Å². The van der Waals surface area contributed by atoms with Gasteiger partial charge in [-0.05, 0) is 0 Å². The van der Waals surface area contributed by atoms with E-state index in [1.54, 1.807) is 0 Å². The van der Waals surface area contributed by atoms with E-state index in [-0.39, 0.29) is 0 Å². The number of benzene rings is 4. The summed E-state index contributed by atoms with van der Waals surface area (Å²) in [4.78, 5) is 0. The molecule has 4 aromatic carbocycles. The quantitative estimate of drug-likeness (QED) is 0.262. The molecule has 0 spiro atoms. The van der Waals surface area contributed by atoms with Gasteiger partial charge in [0.2, 0.25) is 0 Å². The van der Waals surface area contributed by atoms with Gasteiger partial charge in [0.15, 0.2) is 0 Å². The van der Waals surface area contributed by atoms with Crippen LogP contribution >= 0.6 is 0 Å². The Balaban J connectivity index is 1.74. The topological polar surface area (TPSA) is 27.7 Å². The fourth-order valence-electron chi connectivity index (χ4n) is 2.88. The first-order chi connectivity index (χ1) is 14.2. The Morgan fingerprint density at radius 2 is 0.897 bits per heavy atom. The Morgan fingerprint density at radius 1 is 0.483 bits per heavy atom. The molecular formula is C25H19O3Ti. The standard InChI is InChI=1S/C25H19O3.Ti/c1-4-12-20(13-5-1)26-24-19-11-10-18-23(24)25(27-21-14-6-2-7-15-21)28-22-16-8-3-9-17-22;/h1-19H;. The fourth-order valence-corrected chi connectivity index (χ4v) is 3.57. The molecule has 4 rings (SSSR count). The van der Waals surface area contributed by atoms with Crippen LogP contribution in [0.1, 0.15) is 5.56 Å². The average Bonchev–Trinajstić information content (AvgIpc) is 2.76. The molecule has 0 N–H and O–H groups in total. The number of rotatable bonds is 7. The molecule has 0 atom stereocenters. The predicted molar refractivity (Wildman–Crippen MR) is 109 cm³/mol. The van der Waals surface area contributed by atoms with Gasteiger partial charge in [-0.25, -0.2) is 0 Å². The van der Waals surface area contributed by atoms with Crippen LogP contribution in [0.5, 0.6) is 23.0 Å². The summed E-state index contributed by atoms with van der Waals surface area (Å²) in [5.74, 6) is 2.84. The van der Waals surface area contributed by atoms with Crippen molar-refractivity contribution in [3.8, 4) is 23.0 Å². The van der Waals surface area contributed by atoms with E-state index in [1.165, 1.54) is 0 Å². The SMILES string of the molecule is [Ti][C](Oc1ccccc1)(Oc1ccccc1)c1ccccc1Oc1ccccc1. The van der Waals surface area contributed by atoms with E-state index in [0.29, 0.717) is 17.2 Å². The molecule has 0 aliphatic rings. The van der Waals surface area contributed by atoms with Crippen LogP contribution in [-0.2, 0) is 24.5 Å². The van der Waals surface area contributed by atoms with Gasteiger partial charge in [0.25, 0.3) is 0 Å². The molecule has 29 heavy (non-hydrogen) atoms. The second kappa shape index (κ2) is 9.00. The molecule has 0 amide bonds. The van der Waals surface area contributed by atoms with Crippen molar-refractivity contribution in [2.75, 3.05) is 0 Å². The predicted octanol–water partition coefficient (Wildman–Crippen LogP) is 6.29. The van der Waals surface area contributed by atoms with Crippen molar-refractivity contribution < 1.29 is 34.6 Å². The van der Waals surface area contributed by atoms with E-state index in [4.69, 9.17) is 14.2 Å². The van der Waals surface area contributed by atoms with Gasteiger partial charge in [0.1, 0.15) is 0 Å². The van der Waals surface area contributed by atoms with Gasteiger partial charge in [-0.15, -0.1) is 0 Å². The Morgan fingerprint density at radius 3 is 1.41 bits per heavy atom. The van der Waals surface area contributed by atoms with Gasteiger partial charge in [0.05, 0.1) is 0 Å². The summed E-state index contributed by atoms with van der Waals surface area (Å²) in [5.41, 5.74) is 0.788. The molecule has 0 aliphatic heterocycles.